The standard InChI is InChI=1S/C11H15BrO2S/c1-11(2,3)8-15(13,14)10-6-4-9(12)5-7-10/h4-7H,8H2,1-3H3. The highest BCUT2D eigenvalue weighted by atomic mass is 79.9. The summed E-state index contributed by atoms with van der Waals surface area (Å²) in [6.07, 6.45) is 0. The first-order valence-corrected chi connectivity index (χ1v) is 7.14. The van der Waals surface area contributed by atoms with Crippen LogP contribution in [-0.4, -0.2) is 14.2 Å². The van der Waals surface area contributed by atoms with E-state index in [1.807, 2.05) is 20.8 Å². The van der Waals surface area contributed by atoms with Gasteiger partial charge in [0.15, 0.2) is 9.84 Å². The summed E-state index contributed by atoms with van der Waals surface area (Å²) in [4.78, 5) is 0.389. The van der Waals surface area contributed by atoms with Crippen LogP contribution in [0.15, 0.2) is 33.6 Å². The van der Waals surface area contributed by atoms with Gasteiger partial charge in [-0.2, -0.15) is 0 Å². The lowest BCUT2D eigenvalue weighted by Gasteiger charge is -2.17. The zero-order chi connectivity index (χ0) is 11.7. The van der Waals surface area contributed by atoms with Crippen LogP contribution >= 0.6 is 15.9 Å². The van der Waals surface area contributed by atoms with Gasteiger partial charge < -0.3 is 0 Å². The Hall–Kier alpha value is -0.350. The van der Waals surface area contributed by atoms with Crippen LogP contribution in [0.5, 0.6) is 0 Å². The lowest BCUT2D eigenvalue weighted by atomic mass is 10.0. The zero-order valence-electron chi connectivity index (χ0n) is 9.12. The Kier molecular flexibility index (Phi) is 3.61. The quantitative estimate of drug-likeness (QED) is 0.838. The molecule has 4 heteroatoms. The van der Waals surface area contributed by atoms with Crippen molar-refractivity contribution in [1.29, 1.82) is 0 Å². The molecule has 0 fully saturated rings. The van der Waals surface area contributed by atoms with E-state index in [-0.39, 0.29) is 11.2 Å². The molecule has 0 heterocycles. The molecule has 84 valence electrons. The molecular weight excluding hydrogens is 276 g/mol. The second kappa shape index (κ2) is 4.26. The van der Waals surface area contributed by atoms with Crippen molar-refractivity contribution in [3.63, 3.8) is 0 Å². The van der Waals surface area contributed by atoms with Gasteiger partial charge >= 0.3 is 0 Å². The summed E-state index contributed by atoms with van der Waals surface area (Å²) in [5.41, 5.74) is -0.216. The summed E-state index contributed by atoms with van der Waals surface area (Å²) >= 11 is 3.28. The van der Waals surface area contributed by atoms with Gasteiger partial charge in [-0.25, -0.2) is 8.42 Å². The van der Waals surface area contributed by atoms with Crippen molar-refractivity contribution in [3.05, 3.63) is 28.7 Å². The summed E-state index contributed by atoms with van der Waals surface area (Å²) < 4.78 is 24.8. The van der Waals surface area contributed by atoms with Crippen LogP contribution in [0.25, 0.3) is 0 Å². The first kappa shape index (κ1) is 12.7. The number of rotatable bonds is 2. The molecule has 0 aliphatic carbocycles. The van der Waals surface area contributed by atoms with Gasteiger partial charge in [0.05, 0.1) is 10.6 Å². The average molecular weight is 291 g/mol. The van der Waals surface area contributed by atoms with E-state index in [1.54, 1.807) is 24.3 Å². The third-order valence-electron chi connectivity index (χ3n) is 1.80. The Bertz CT molecular complexity index is 427. The van der Waals surface area contributed by atoms with Gasteiger partial charge in [-0.15, -0.1) is 0 Å². The van der Waals surface area contributed by atoms with Crippen molar-refractivity contribution in [2.24, 2.45) is 5.41 Å². The highest BCUT2D eigenvalue weighted by Crippen LogP contribution is 2.22. The van der Waals surface area contributed by atoms with Crippen LogP contribution in [0.3, 0.4) is 0 Å². The highest BCUT2D eigenvalue weighted by Gasteiger charge is 2.23. The van der Waals surface area contributed by atoms with Gasteiger partial charge in [0, 0.05) is 4.47 Å². The third kappa shape index (κ3) is 3.95. The van der Waals surface area contributed by atoms with Crippen LogP contribution < -0.4 is 0 Å². The molecule has 0 saturated heterocycles. The number of hydrogen-bond acceptors (Lipinski definition) is 2. The molecule has 0 spiro atoms. The Balaban J connectivity index is 3.02. The maximum atomic E-state index is 11.9. The van der Waals surface area contributed by atoms with Crippen molar-refractivity contribution < 1.29 is 8.42 Å². The minimum atomic E-state index is -3.16. The van der Waals surface area contributed by atoms with Crippen LogP contribution in [0.1, 0.15) is 20.8 Å². The van der Waals surface area contributed by atoms with Crippen molar-refractivity contribution in [1.82, 2.24) is 0 Å². The van der Waals surface area contributed by atoms with E-state index >= 15 is 0 Å². The molecule has 1 aromatic carbocycles. The smallest absolute Gasteiger partial charge is 0.178 e. The monoisotopic (exact) mass is 290 g/mol. The summed E-state index contributed by atoms with van der Waals surface area (Å²) in [5.74, 6) is 0.168. The van der Waals surface area contributed by atoms with Crippen molar-refractivity contribution in [2.75, 3.05) is 5.75 Å². The molecule has 0 aromatic heterocycles. The predicted molar refractivity (Wildman–Crippen MR) is 65.6 cm³/mol. The van der Waals surface area contributed by atoms with Gasteiger partial charge in [0.1, 0.15) is 0 Å². The Morgan fingerprint density at radius 1 is 1.13 bits per heavy atom. The zero-order valence-corrected chi connectivity index (χ0v) is 11.5. The molecule has 0 aliphatic heterocycles. The molecule has 15 heavy (non-hydrogen) atoms. The molecule has 1 aromatic rings. The van der Waals surface area contributed by atoms with Crippen molar-refractivity contribution >= 4 is 25.8 Å². The van der Waals surface area contributed by atoms with E-state index in [9.17, 15) is 8.42 Å². The third-order valence-corrected chi connectivity index (χ3v) is 4.56. The topological polar surface area (TPSA) is 34.1 Å². The van der Waals surface area contributed by atoms with Gasteiger partial charge in [-0.1, -0.05) is 36.7 Å². The first-order chi connectivity index (χ1) is 6.71. The normalized spacial score (nSPS) is 12.8. The second-order valence-electron chi connectivity index (χ2n) is 4.77. The SMILES string of the molecule is CC(C)(C)CS(=O)(=O)c1ccc(Br)cc1. The molecule has 0 unspecified atom stereocenters. The summed E-state index contributed by atoms with van der Waals surface area (Å²) in [6, 6.07) is 6.75. The van der Waals surface area contributed by atoms with Gasteiger partial charge in [-0.3, -0.25) is 0 Å². The van der Waals surface area contributed by atoms with Gasteiger partial charge in [0.25, 0.3) is 0 Å². The fourth-order valence-electron chi connectivity index (χ4n) is 1.30. The largest absolute Gasteiger partial charge is 0.224 e. The fourth-order valence-corrected chi connectivity index (χ4v) is 3.42. The molecule has 0 amide bonds. The lowest BCUT2D eigenvalue weighted by molar-refractivity contribution is 0.461. The van der Waals surface area contributed by atoms with Crippen LogP contribution in [0.4, 0.5) is 0 Å². The van der Waals surface area contributed by atoms with E-state index in [1.165, 1.54) is 0 Å². The van der Waals surface area contributed by atoms with E-state index < -0.39 is 9.84 Å². The van der Waals surface area contributed by atoms with E-state index in [0.717, 1.165) is 4.47 Å². The van der Waals surface area contributed by atoms with Crippen LogP contribution in [0, 0.1) is 5.41 Å². The van der Waals surface area contributed by atoms with Gasteiger partial charge in [-0.05, 0) is 29.7 Å². The summed E-state index contributed by atoms with van der Waals surface area (Å²) in [5, 5.41) is 0. The number of halogens is 1. The Morgan fingerprint density at radius 3 is 2.00 bits per heavy atom. The van der Waals surface area contributed by atoms with Crippen molar-refractivity contribution in [2.45, 2.75) is 25.7 Å². The van der Waals surface area contributed by atoms with Crippen LogP contribution in [0.2, 0.25) is 0 Å². The number of sulfone groups is 1. The first-order valence-electron chi connectivity index (χ1n) is 4.69. The lowest BCUT2D eigenvalue weighted by Crippen LogP contribution is -2.20. The minimum absolute atomic E-state index is 0.168. The van der Waals surface area contributed by atoms with Crippen LogP contribution in [-0.2, 0) is 9.84 Å². The molecule has 0 aliphatic rings. The molecule has 0 N–H and O–H groups in total. The average Bonchev–Trinajstić information content (AvgIpc) is 2.00. The fraction of sp³-hybridized carbons (Fsp3) is 0.455. The highest BCUT2D eigenvalue weighted by molar-refractivity contribution is 9.10. The predicted octanol–water partition coefficient (Wildman–Crippen LogP) is 3.27. The van der Waals surface area contributed by atoms with E-state index in [4.69, 9.17) is 0 Å². The maximum absolute atomic E-state index is 11.9. The molecule has 1 rings (SSSR count). The summed E-state index contributed by atoms with van der Waals surface area (Å²) in [6.45, 7) is 5.76. The van der Waals surface area contributed by atoms with E-state index in [2.05, 4.69) is 15.9 Å². The number of hydrogen-bond donors (Lipinski definition) is 0. The molecule has 0 atom stereocenters. The minimum Gasteiger partial charge on any atom is -0.224 e. The van der Waals surface area contributed by atoms with Crippen molar-refractivity contribution in [3.8, 4) is 0 Å². The molecule has 0 saturated carbocycles. The molecule has 0 bridgehead atoms. The Morgan fingerprint density at radius 2 is 1.60 bits per heavy atom. The Labute approximate surface area is 99.7 Å². The molecule has 2 nitrogen and oxygen atoms in total. The van der Waals surface area contributed by atoms with Gasteiger partial charge in [0.2, 0.25) is 0 Å². The summed E-state index contributed by atoms with van der Waals surface area (Å²) in [7, 11) is -3.16. The van der Waals surface area contributed by atoms with E-state index in [0.29, 0.717) is 4.90 Å². The second-order valence-corrected chi connectivity index (χ2v) is 7.68. The molecular formula is C11H15BrO2S. The molecule has 0 radical (unpaired) electrons. The maximum Gasteiger partial charge on any atom is 0.178 e. The number of benzene rings is 1.